The number of ether oxygens (including phenoxy) is 1. The third-order valence-corrected chi connectivity index (χ3v) is 6.02. The Morgan fingerprint density at radius 3 is 2.70 bits per heavy atom. The molecule has 0 aliphatic carbocycles. The van der Waals surface area contributed by atoms with Crippen LogP contribution in [0, 0.1) is 0 Å². The second kappa shape index (κ2) is 8.14. The van der Waals surface area contributed by atoms with Gasteiger partial charge in [-0.15, -0.1) is 22.7 Å². The van der Waals surface area contributed by atoms with Crippen LogP contribution >= 0.6 is 22.7 Å². The van der Waals surface area contributed by atoms with Crippen LogP contribution in [0.5, 0.6) is 0 Å². The van der Waals surface area contributed by atoms with Crippen molar-refractivity contribution in [1.82, 2.24) is 9.97 Å². The maximum absolute atomic E-state index is 10.4. The van der Waals surface area contributed by atoms with Gasteiger partial charge in [-0.25, -0.2) is 9.97 Å². The lowest BCUT2D eigenvalue weighted by Gasteiger charge is -2.13. The number of benzene rings is 1. The molecule has 0 fully saturated rings. The topological polar surface area (TPSA) is 67.3 Å². The van der Waals surface area contributed by atoms with Gasteiger partial charge in [-0.3, -0.25) is 0 Å². The highest BCUT2D eigenvalue weighted by atomic mass is 32.1. The van der Waals surface area contributed by atoms with E-state index in [1.165, 1.54) is 0 Å². The maximum atomic E-state index is 10.4. The van der Waals surface area contributed by atoms with E-state index in [1.54, 1.807) is 29.8 Å². The molecule has 0 saturated heterocycles. The molecule has 3 heterocycles. The van der Waals surface area contributed by atoms with Gasteiger partial charge in [0.2, 0.25) is 0 Å². The lowest BCUT2D eigenvalue weighted by molar-refractivity contribution is 0.178. The minimum Gasteiger partial charge on any atom is -0.386 e. The van der Waals surface area contributed by atoms with Crippen molar-refractivity contribution in [1.29, 1.82) is 0 Å². The highest BCUT2D eigenvalue weighted by molar-refractivity contribution is 7.17. The van der Waals surface area contributed by atoms with Crippen molar-refractivity contribution in [3.8, 4) is 11.1 Å². The quantitative estimate of drug-likeness (QED) is 0.473. The summed E-state index contributed by atoms with van der Waals surface area (Å²) in [5.41, 5.74) is 2.21. The van der Waals surface area contributed by atoms with Gasteiger partial charge in [-0.2, -0.15) is 0 Å². The monoisotopic (exact) mass is 397 g/mol. The van der Waals surface area contributed by atoms with Gasteiger partial charge >= 0.3 is 0 Å². The van der Waals surface area contributed by atoms with Gasteiger partial charge in [0, 0.05) is 29.5 Å². The number of methoxy groups -OCH3 is 1. The van der Waals surface area contributed by atoms with Crippen molar-refractivity contribution in [3.05, 3.63) is 63.9 Å². The number of aliphatic hydroxyl groups is 1. The van der Waals surface area contributed by atoms with Gasteiger partial charge in [-0.05, 0) is 17.0 Å². The molecule has 1 atom stereocenters. The van der Waals surface area contributed by atoms with Crippen LogP contribution in [-0.4, -0.2) is 28.7 Å². The van der Waals surface area contributed by atoms with E-state index in [-0.39, 0.29) is 0 Å². The number of thiophene rings is 2. The third-order valence-electron chi connectivity index (χ3n) is 4.17. The molecule has 4 aromatic rings. The second-order valence-corrected chi connectivity index (χ2v) is 7.87. The fourth-order valence-corrected chi connectivity index (χ4v) is 4.59. The molecule has 0 spiro atoms. The Hall–Kier alpha value is -2.32. The average Bonchev–Trinajstić information content (AvgIpc) is 3.37. The lowest BCUT2D eigenvalue weighted by atomic mass is 10.1. The highest BCUT2D eigenvalue weighted by Gasteiger charge is 2.17. The van der Waals surface area contributed by atoms with Crippen molar-refractivity contribution >= 4 is 38.7 Å². The summed E-state index contributed by atoms with van der Waals surface area (Å²) in [4.78, 5) is 11.1. The van der Waals surface area contributed by atoms with Crippen LogP contribution in [0.4, 0.5) is 5.82 Å². The summed E-state index contributed by atoms with van der Waals surface area (Å²) in [5.74, 6) is 1.35. The van der Waals surface area contributed by atoms with E-state index in [9.17, 15) is 5.11 Å². The summed E-state index contributed by atoms with van der Waals surface area (Å²) < 4.78 is 5.21. The molecule has 27 heavy (non-hydrogen) atoms. The van der Waals surface area contributed by atoms with E-state index in [0.717, 1.165) is 32.0 Å². The van der Waals surface area contributed by atoms with E-state index in [2.05, 4.69) is 32.8 Å². The minimum atomic E-state index is -0.584. The van der Waals surface area contributed by atoms with Crippen LogP contribution in [0.3, 0.4) is 0 Å². The van der Waals surface area contributed by atoms with E-state index >= 15 is 0 Å². The zero-order valence-corrected chi connectivity index (χ0v) is 16.4. The van der Waals surface area contributed by atoms with Gasteiger partial charge in [-0.1, -0.05) is 36.4 Å². The summed E-state index contributed by atoms with van der Waals surface area (Å²) in [6.07, 6.45) is -0.584. The van der Waals surface area contributed by atoms with Crippen molar-refractivity contribution in [3.63, 3.8) is 0 Å². The Morgan fingerprint density at radius 2 is 1.96 bits per heavy atom. The molecule has 7 heteroatoms. The van der Waals surface area contributed by atoms with Gasteiger partial charge in [0.1, 0.15) is 23.4 Å². The normalized spacial score (nSPS) is 12.4. The number of aliphatic hydroxyl groups excluding tert-OH is 1. The fourth-order valence-electron chi connectivity index (χ4n) is 2.91. The SMILES string of the molecule is COCc1nc(NCC(O)c2cccs2)c2c(-c3ccccc3)csc2n1. The molecule has 0 aliphatic heterocycles. The van der Waals surface area contributed by atoms with Crippen LogP contribution in [0.2, 0.25) is 0 Å². The third kappa shape index (κ3) is 3.86. The number of anilines is 1. The van der Waals surface area contributed by atoms with Gasteiger partial charge < -0.3 is 15.2 Å². The number of fused-ring (bicyclic) bond motifs is 1. The molecule has 2 N–H and O–H groups in total. The number of hydrogen-bond acceptors (Lipinski definition) is 7. The molecular formula is C20H19N3O2S2. The van der Waals surface area contributed by atoms with Gasteiger partial charge in [0.25, 0.3) is 0 Å². The predicted octanol–water partition coefficient (Wildman–Crippen LogP) is 4.71. The Balaban J connectivity index is 1.72. The first-order valence-electron chi connectivity index (χ1n) is 8.54. The Morgan fingerprint density at radius 1 is 1.11 bits per heavy atom. The van der Waals surface area contributed by atoms with Crippen molar-refractivity contribution < 1.29 is 9.84 Å². The molecule has 0 saturated carbocycles. The molecule has 0 aliphatic rings. The Labute approximate surface area is 165 Å². The fraction of sp³-hybridized carbons (Fsp3) is 0.200. The smallest absolute Gasteiger partial charge is 0.158 e. The number of aromatic nitrogens is 2. The van der Waals surface area contributed by atoms with Crippen LogP contribution < -0.4 is 5.32 Å². The summed E-state index contributed by atoms with van der Waals surface area (Å²) in [5, 5.41) is 18.8. The van der Waals surface area contributed by atoms with Crippen LogP contribution in [0.15, 0.2) is 53.2 Å². The first kappa shape index (κ1) is 18.1. The summed E-state index contributed by atoms with van der Waals surface area (Å²) in [6.45, 7) is 0.722. The Bertz CT molecular complexity index is 1020. The zero-order chi connectivity index (χ0) is 18.6. The van der Waals surface area contributed by atoms with Gasteiger partial charge in [0.15, 0.2) is 5.82 Å². The number of hydrogen-bond donors (Lipinski definition) is 2. The first-order valence-corrected chi connectivity index (χ1v) is 10.3. The van der Waals surface area contributed by atoms with Crippen LogP contribution in [0.25, 0.3) is 21.3 Å². The number of nitrogens with zero attached hydrogens (tertiary/aromatic N) is 2. The standard InChI is InChI=1S/C20H19N3O2S2/c1-25-11-17-22-19(21-10-15(24)16-8-5-9-26-16)18-14(12-27-20(18)23-17)13-6-3-2-4-7-13/h2-9,12,15,24H,10-11H2,1H3,(H,21,22,23). The van der Waals surface area contributed by atoms with E-state index in [0.29, 0.717) is 19.0 Å². The Kier molecular flexibility index (Phi) is 5.45. The van der Waals surface area contributed by atoms with E-state index in [4.69, 9.17) is 4.74 Å². The van der Waals surface area contributed by atoms with Gasteiger partial charge in [0.05, 0.1) is 5.39 Å². The number of rotatable bonds is 7. The molecule has 3 aromatic heterocycles. The highest BCUT2D eigenvalue weighted by Crippen LogP contribution is 2.37. The summed E-state index contributed by atoms with van der Waals surface area (Å²) in [6, 6.07) is 14.1. The molecule has 1 unspecified atom stereocenters. The predicted molar refractivity (Wildman–Crippen MR) is 111 cm³/mol. The average molecular weight is 398 g/mol. The van der Waals surface area contributed by atoms with Crippen molar-refractivity contribution in [2.45, 2.75) is 12.7 Å². The summed E-state index contributed by atoms with van der Waals surface area (Å²) >= 11 is 3.13. The second-order valence-electron chi connectivity index (χ2n) is 6.03. The zero-order valence-electron chi connectivity index (χ0n) is 14.8. The molecule has 0 amide bonds. The molecular weight excluding hydrogens is 378 g/mol. The molecule has 1 aromatic carbocycles. The van der Waals surface area contributed by atoms with Crippen LogP contribution in [0.1, 0.15) is 16.8 Å². The first-order chi connectivity index (χ1) is 13.3. The largest absolute Gasteiger partial charge is 0.386 e. The number of nitrogens with one attached hydrogen (secondary N) is 1. The van der Waals surface area contributed by atoms with Crippen LogP contribution in [-0.2, 0) is 11.3 Å². The van der Waals surface area contributed by atoms with E-state index < -0.39 is 6.10 Å². The maximum Gasteiger partial charge on any atom is 0.158 e. The molecule has 0 bridgehead atoms. The molecule has 138 valence electrons. The lowest BCUT2D eigenvalue weighted by Crippen LogP contribution is -2.13. The molecule has 4 rings (SSSR count). The van der Waals surface area contributed by atoms with Crippen molar-refractivity contribution in [2.75, 3.05) is 19.0 Å². The van der Waals surface area contributed by atoms with Crippen molar-refractivity contribution in [2.24, 2.45) is 0 Å². The molecule has 0 radical (unpaired) electrons. The summed E-state index contributed by atoms with van der Waals surface area (Å²) in [7, 11) is 1.63. The molecule has 5 nitrogen and oxygen atoms in total. The minimum absolute atomic E-state index is 0.344. The van der Waals surface area contributed by atoms with E-state index in [1.807, 2.05) is 35.7 Å².